The van der Waals surface area contributed by atoms with Gasteiger partial charge in [0.2, 0.25) is 0 Å². The number of hydrogen-bond acceptors (Lipinski definition) is 3. The molecule has 0 aliphatic heterocycles. The molecule has 0 spiro atoms. The Hall–Kier alpha value is -1.55. The smallest absolute Gasteiger partial charge is 0.306 e. The van der Waals surface area contributed by atoms with Crippen molar-refractivity contribution >= 4 is 11.7 Å². The van der Waals surface area contributed by atoms with Gasteiger partial charge in [-0.25, -0.2) is 0 Å². The summed E-state index contributed by atoms with van der Waals surface area (Å²) < 4.78 is 0. The fraction of sp³-hybridized carbons (Fsp3) is 0.500. The zero-order chi connectivity index (χ0) is 13.5. The first kappa shape index (κ1) is 14.5. The van der Waals surface area contributed by atoms with E-state index in [9.17, 15) is 9.90 Å². The van der Waals surface area contributed by atoms with Crippen LogP contribution in [0.1, 0.15) is 38.2 Å². The van der Waals surface area contributed by atoms with Crippen molar-refractivity contribution in [1.82, 2.24) is 0 Å². The molecule has 0 aromatic heterocycles. The minimum atomic E-state index is -0.989. The summed E-state index contributed by atoms with van der Waals surface area (Å²) in [5, 5.41) is 21.0. The number of aliphatic carboxylic acids is 1. The van der Waals surface area contributed by atoms with Gasteiger partial charge in [0, 0.05) is 12.2 Å². The topological polar surface area (TPSA) is 69.6 Å². The normalized spacial score (nSPS) is 13.9. The van der Waals surface area contributed by atoms with Gasteiger partial charge in [0.15, 0.2) is 0 Å². The van der Waals surface area contributed by atoms with E-state index in [1.165, 1.54) is 5.56 Å². The molecule has 18 heavy (non-hydrogen) atoms. The molecular formula is C14H21NO3. The van der Waals surface area contributed by atoms with Gasteiger partial charge >= 0.3 is 5.97 Å². The van der Waals surface area contributed by atoms with E-state index in [1.807, 2.05) is 12.1 Å². The molecule has 0 aliphatic carbocycles. The van der Waals surface area contributed by atoms with Crippen molar-refractivity contribution in [3.8, 4) is 0 Å². The number of hydrogen-bond donors (Lipinski definition) is 3. The summed E-state index contributed by atoms with van der Waals surface area (Å²) in [6, 6.07) is 8.02. The number of rotatable bonds is 7. The van der Waals surface area contributed by atoms with E-state index in [0.717, 1.165) is 12.1 Å². The standard InChI is InChI=1S/C14H21NO3/c1-3-10(2)11-4-6-12(7-5-11)15-9-13(16)8-14(17)18/h4-7,10,13,15-16H,3,8-9H2,1-2H3,(H,17,18). The van der Waals surface area contributed by atoms with Crippen molar-refractivity contribution in [3.05, 3.63) is 29.8 Å². The van der Waals surface area contributed by atoms with Crippen LogP contribution in [0.25, 0.3) is 0 Å². The van der Waals surface area contributed by atoms with Crippen LogP contribution in [0.2, 0.25) is 0 Å². The first-order chi connectivity index (χ1) is 8.52. The molecule has 3 N–H and O–H groups in total. The highest BCUT2D eigenvalue weighted by Crippen LogP contribution is 2.20. The van der Waals surface area contributed by atoms with Crippen LogP contribution in [-0.2, 0) is 4.79 Å². The average Bonchev–Trinajstić information content (AvgIpc) is 2.35. The SMILES string of the molecule is CCC(C)c1ccc(NCC(O)CC(=O)O)cc1. The molecule has 0 saturated carbocycles. The van der Waals surface area contributed by atoms with Gasteiger partial charge < -0.3 is 15.5 Å². The summed E-state index contributed by atoms with van der Waals surface area (Å²) in [4.78, 5) is 10.4. The second-order valence-corrected chi connectivity index (χ2v) is 4.56. The van der Waals surface area contributed by atoms with Gasteiger partial charge in [-0.15, -0.1) is 0 Å². The number of carboxylic acids is 1. The number of anilines is 1. The zero-order valence-electron chi connectivity index (χ0n) is 10.9. The quantitative estimate of drug-likeness (QED) is 0.696. The number of carbonyl (C=O) groups is 1. The highest BCUT2D eigenvalue weighted by atomic mass is 16.4. The second-order valence-electron chi connectivity index (χ2n) is 4.56. The molecule has 0 amide bonds. The van der Waals surface area contributed by atoms with Gasteiger partial charge in [0.05, 0.1) is 12.5 Å². The average molecular weight is 251 g/mol. The lowest BCUT2D eigenvalue weighted by Crippen LogP contribution is -2.22. The predicted octanol–water partition coefficient (Wildman–Crippen LogP) is 2.45. The van der Waals surface area contributed by atoms with E-state index in [4.69, 9.17) is 5.11 Å². The minimum absolute atomic E-state index is 0.238. The van der Waals surface area contributed by atoms with Crippen molar-refractivity contribution in [1.29, 1.82) is 0 Å². The molecule has 1 rings (SSSR count). The van der Waals surface area contributed by atoms with Gasteiger partial charge in [0.1, 0.15) is 0 Å². The first-order valence-electron chi connectivity index (χ1n) is 6.26. The van der Waals surface area contributed by atoms with Crippen LogP contribution in [0.5, 0.6) is 0 Å². The molecule has 4 heteroatoms. The molecule has 1 aromatic carbocycles. The lowest BCUT2D eigenvalue weighted by Gasteiger charge is -2.13. The Labute approximate surface area is 108 Å². The molecule has 1 aromatic rings. The Kier molecular flexibility index (Phi) is 5.65. The van der Waals surface area contributed by atoms with Crippen LogP contribution < -0.4 is 5.32 Å². The Morgan fingerprint density at radius 3 is 2.44 bits per heavy atom. The lowest BCUT2D eigenvalue weighted by molar-refractivity contribution is -0.138. The van der Waals surface area contributed by atoms with Crippen molar-refractivity contribution in [3.63, 3.8) is 0 Å². The summed E-state index contributed by atoms with van der Waals surface area (Å²) in [7, 11) is 0. The van der Waals surface area contributed by atoms with Gasteiger partial charge in [-0.3, -0.25) is 4.79 Å². The third kappa shape index (κ3) is 4.75. The third-order valence-corrected chi connectivity index (χ3v) is 3.04. The molecule has 0 fully saturated rings. The maximum absolute atomic E-state index is 10.4. The molecule has 0 heterocycles. The van der Waals surface area contributed by atoms with E-state index >= 15 is 0 Å². The Morgan fingerprint density at radius 2 is 1.94 bits per heavy atom. The van der Waals surface area contributed by atoms with Crippen LogP contribution in [0.15, 0.2) is 24.3 Å². The van der Waals surface area contributed by atoms with Crippen molar-refractivity contribution < 1.29 is 15.0 Å². The number of aliphatic hydroxyl groups excluding tert-OH is 1. The molecule has 100 valence electrons. The third-order valence-electron chi connectivity index (χ3n) is 3.04. The number of aliphatic hydroxyl groups is 1. The molecule has 2 atom stereocenters. The first-order valence-corrected chi connectivity index (χ1v) is 6.26. The Balaban J connectivity index is 2.46. The fourth-order valence-electron chi connectivity index (χ4n) is 1.67. The van der Waals surface area contributed by atoms with E-state index in [1.54, 1.807) is 0 Å². The number of nitrogens with one attached hydrogen (secondary N) is 1. The van der Waals surface area contributed by atoms with E-state index in [0.29, 0.717) is 5.92 Å². The fourth-order valence-corrected chi connectivity index (χ4v) is 1.67. The summed E-state index contributed by atoms with van der Waals surface area (Å²) in [6.45, 7) is 4.58. The van der Waals surface area contributed by atoms with E-state index in [-0.39, 0.29) is 13.0 Å². The molecule has 0 bridgehead atoms. The minimum Gasteiger partial charge on any atom is -0.481 e. The summed E-state index contributed by atoms with van der Waals surface area (Å²) in [5.41, 5.74) is 2.18. The van der Waals surface area contributed by atoms with Gasteiger partial charge in [0.25, 0.3) is 0 Å². The van der Waals surface area contributed by atoms with E-state index in [2.05, 4.69) is 31.3 Å². The summed E-state index contributed by atoms with van der Waals surface area (Å²) >= 11 is 0. The molecule has 0 radical (unpaired) electrons. The second kappa shape index (κ2) is 7.01. The monoisotopic (exact) mass is 251 g/mol. The zero-order valence-corrected chi connectivity index (χ0v) is 10.9. The highest BCUT2D eigenvalue weighted by Gasteiger charge is 2.09. The van der Waals surface area contributed by atoms with Crippen molar-refractivity contribution in [2.24, 2.45) is 0 Å². The summed E-state index contributed by atoms with van der Waals surface area (Å²) in [5.74, 6) is -0.451. The predicted molar refractivity (Wildman–Crippen MR) is 71.9 cm³/mol. The van der Waals surface area contributed by atoms with Crippen molar-refractivity contribution in [2.75, 3.05) is 11.9 Å². The summed E-state index contributed by atoms with van der Waals surface area (Å²) in [6.07, 6.45) is -0.000980. The van der Waals surface area contributed by atoms with Crippen LogP contribution in [0.4, 0.5) is 5.69 Å². The largest absolute Gasteiger partial charge is 0.481 e. The molecule has 0 saturated heterocycles. The maximum atomic E-state index is 10.4. The molecule has 4 nitrogen and oxygen atoms in total. The van der Waals surface area contributed by atoms with Crippen LogP contribution in [0.3, 0.4) is 0 Å². The number of benzene rings is 1. The molecule has 2 unspecified atom stereocenters. The van der Waals surface area contributed by atoms with E-state index < -0.39 is 12.1 Å². The van der Waals surface area contributed by atoms with Crippen LogP contribution in [-0.4, -0.2) is 28.8 Å². The Morgan fingerprint density at radius 1 is 1.33 bits per heavy atom. The maximum Gasteiger partial charge on any atom is 0.306 e. The molecule has 0 aliphatic rings. The molecular weight excluding hydrogens is 230 g/mol. The van der Waals surface area contributed by atoms with Crippen LogP contribution in [0, 0.1) is 0 Å². The Bertz CT molecular complexity index is 375. The lowest BCUT2D eigenvalue weighted by atomic mass is 9.99. The highest BCUT2D eigenvalue weighted by molar-refractivity contribution is 5.67. The van der Waals surface area contributed by atoms with Crippen molar-refractivity contribution in [2.45, 2.75) is 38.7 Å². The van der Waals surface area contributed by atoms with Gasteiger partial charge in [-0.05, 0) is 30.0 Å². The van der Waals surface area contributed by atoms with Gasteiger partial charge in [-0.1, -0.05) is 26.0 Å². The number of carboxylic acid groups (broad SMARTS) is 1. The van der Waals surface area contributed by atoms with Gasteiger partial charge in [-0.2, -0.15) is 0 Å². The van der Waals surface area contributed by atoms with Crippen LogP contribution >= 0.6 is 0 Å².